The van der Waals surface area contributed by atoms with Gasteiger partial charge in [0.15, 0.2) is 11.5 Å². The predicted octanol–water partition coefficient (Wildman–Crippen LogP) is 1.96. The Bertz CT molecular complexity index is 869. The third-order valence-corrected chi connectivity index (χ3v) is 6.58. The van der Waals surface area contributed by atoms with Crippen molar-refractivity contribution in [3.05, 3.63) is 35.5 Å². The standard InChI is InChI=1S/C18H22N2O5S/c1-12(21)17-18(23)14-9-5-6-10-15(14)26(24,25)20(17)11-16(22)19-13-7-3-2-4-8-13/h5-6,9-10,13,23H,2-4,7-8,11H2,1H3,(H,19,22). The van der Waals surface area contributed by atoms with Gasteiger partial charge in [0.1, 0.15) is 12.2 Å². The highest BCUT2D eigenvalue weighted by atomic mass is 32.2. The summed E-state index contributed by atoms with van der Waals surface area (Å²) in [4.78, 5) is 24.3. The number of amides is 1. The zero-order valence-electron chi connectivity index (χ0n) is 14.6. The van der Waals surface area contributed by atoms with Crippen molar-refractivity contribution in [2.75, 3.05) is 6.54 Å². The zero-order valence-corrected chi connectivity index (χ0v) is 15.4. The van der Waals surface area contributed by atoms with Crippen LogP contribution >= 0.6 is 0 Å². The van der Waals surface area contributed by atoms with Crippen molar-refractivity contribution in [1.29, 1.82) is 0 Å². The van der Waals surface area contributed by atoms with Crippen molar-refractivity contribution >= 4 is 27.5 Å². The van der Waals surface area contributed by atoms with Crippen molar-refractivity contribution in [2.45, 2.75) is 50.0 Å². The van der Waals surface area contributed by atoms with Gasteiger partial charge in [0, 0.05) is 18.5 Å². The van der Waals surface area contributed by atoms with E-state index < -0.39 is 34.0 Å². The molecule has 0 unspecified atom stereocenters. The van der Waals surface area contributed by atoms with Gasteiger partial charge in [0.25, 0.3) is 10.0 Å². The fourth-order valence-electron chi connectivity index (χ4n) is 3.53. The normalized spacial score (nSPS) is 19.8. The molecule has 0 atom stereocenters. The van der Waals surface area contributed by atoms with Crippen molar-refractivity contribution in [3.63, 3.8) is 0 Å². The van der Waals surface area contributed by atoms with Crippen LogP contribution in [-0.2, 0) is 19.6 Å². The largest absolute Gasteiger partial charge is 0.505 e. The van der Waals surface area contributed by atoms with E-state index in [9.17, 15) is 23.1 Å². The topological polar surface area (TPSA) is 104 Å². The molecule has 0 radical (unpaired) electrons. The number of Topliss-reactive ketones (excluding diaryl/α,β-unsaturated/α-hetero) is 1. The van der Waals surface area contributed by atoms with Gasteiger partial charge in [0.2, 0.25) is 5.91 Å². The molecule has 26 heavy (non-hydrogen) atoms. The Morgan fingerprint density at radius 2 is 1.85 bits per heavy atom. The molecule has 1 aliphatic carbocycles. The number of sulfonamides is 1. The highest BCUT2D eigenvalue weighted by Crippen LogP contribution is 2.35. The van der Waals surface area contributed by atoms with Crippen LogP contribution in [0.2, 0.25) is 0 Å². The van der Waals surface area contributed by atoms with Gasteiger partial charge >= 0.3 is 0 Å². The number of aliphatic hydroxyl groups is 1. The third-order valence-electron chi connectivity index (χ3n) is 4.77. The molecule has 140 valence electrons. The molecule has 8 heteroatoms. The van der Waals surface area contributed by atoms with Gasteiger partial charge in [-0.1, -0.05) is 31.4 Å². The van der Waals surface area contributed by atoms with Crippen LogP contribution in [0.25, 0.3) is 5.76 Å². The first-order valence-electron chi connectivity index (χ1n) is 8.68. The number of benzene rings is 1. The summed E-state index contributed by atoms with van der Waals surface area (Å²) in [5, 5.41) is 13.3. The number of nitrogens with zero attached hydrogens (tertiary/aromatic N) is 1. The van der Waals surface area contributed by atoms with E-state index in [4.69, 9.17) is 0 Å². The SMILES string of the molecule is CC(=O)C1=C(O)c2ccccc2S(=O)(=O)N1CC(=O)NC1CCCCC1. The first-order chi connectivity index (χ1) is 12.3. The van der Waals surface area contributed by atoms with Gasteiger partial charge in [-0.3, -0.25) is 9.59 Å². The molecule has 7 nitrogen and oxygen atoms in total. The molecule has 1 aliphatic heterocycles. The van der Waals surface area contributed by atoms with E-state index in [0.717, 1.165) is 32.1 Å². The maximum atomic E-state index is 12.9. The first-order valence-corrected chi connectivity index (χ1v) is 10.1. The summed E-state index contributed by atoms with van der Waals surface area (Å²) in [5.41, 5.74) is -0.302. The third kappa shape index (κ3) is 3.33. The van der Waals surface area contributed by atoms with Crippen LogP contribution in [0.1, 0.15) is 44.6 Å². The minimum absolute atomic E-state index is 0.0226. The molecule has 2 N–H and O–H groups in total. The lowest BCUT2D eigenvalue weighted by molar-refractivity contribution is -0.122. The van der Waals surface area contributed by atoms with Gasteiger partial charge in [-0.05, 0) is 25.0 Å². The maximum absolute atomic E-state index is 12.9. The van der Waals surface area contributed by atoms with E-state index in [1.165, 1.54) is 25.1 Å². The number of hydrogen-bond donors (Lipinski definition) is 2. The van der Waals surface area contributed by atoms with E-state index in [2.05, 4.69) is 5.32 Å². The van der Waals surface area contributed by atoms with Gasteiger partial charge in [-0.2, -0.15) is 0 Å². The Balaban J connectivity index is 1.93. The van der Waals surface area contributed by atoms with Crippen molar-refractivity contribution in [3.8, 4) is 0 Å². The molecule has 3 rings (SSSR count). The zero-order chi connectivity index (χ0) is 18.9. The average Bonchev–Trinajstić information content (AvgIpc) is 2.60. The molecular weight excluding hydrogens is 356 g/mol. The fraction of sp³-hybridized carbons (Fsp3) is 0.444. The number of hydrogen-bond acceptors (Lipinski definition) is 5. The molecule has 1 fully saturated rings. The van der Waals surface area contributed by atoms with E-state index >= 15 is 0 Å². The Kier molecular flexibility index (Phi) is 5.04. The summed E-state index contributed by atoms with van der Waals surface area (Å²) in [6.45, 7) is 0.632. The van der Waals surface area contributed by atoms with E-state index in [-0.39, 0.29) is 22.2 Å². The van der Waals surface area contributed by atoms with Gasteiger partial charge in [-0.15, -0.1) is 0 Å². The summed E-state index contributed by atoms with van der Waals surface area (Å²) in [6.07, 6.45) is 4.91. The number of rotatable bonds is 4. The number of ketones is 1. The van der Waals surface area contributed by atoms with Crippen LogP contribution in [0.3, 0.4) is 0 Å². The Hall–Kier alpha value is -2.35. The molecule has 1 aromatic carbocycles. The summed E-state index contributed by atoms with van der Waals surface area (Å²) >= 11 is 0. The molecule has 1 heterocycles. The van der Waals surface area contributed by atoms with Crippen molar-refractivity contribution < 1.29 is 23.1 Å². The lowest BCUT2D eigenvalue weighted by atomic mass is 9.95. The summed E-state index contributed by atoms with van der Waals surface area (Å²) in [5.74, 6) is -1.52. The van der Waals surface area contributed by atoms with Gasteiger partial charge < -0.3 is 10.4 Å². The fourth-order valence-corrected chi connectivity index (χ4v) is 5.20. The highest BCUT2D eigenvalue weighted by molar-refractivity contribution is 7.89. The highest BCUT2D eigenvalue weighted by Gasteiger charge is 2.39. The Morgan fingerprint density at radius 3 is 2.50 bits per heavy atom. The Labute approximate surface area is 152 Å². The Morgan fingerprint density at radius 1 is 1.19 bits per heavy atom. The first kappa shape index (κ1) is 18.4. The predicted molar refractivity (Wildman–Crippen MR) is 95.6 cm³/mol. The lowest BCUT2D eigenvalue weighted by Crippen LogP contribution is -2.46. The molecule has 2 aliphatic rings. The van der Waals surface area contributed by atoms with Crippen LogP contribution in [0.5, 0.6) is 0 Å². The van der Waals surface area contributed by atoms with Gasteiger partial charge in [-0.25, -0.2) is 12.7 Å². The van der Waals surface area contributed by atoms with Crippen molar-refractivity contribution in [1.82, 2.24) is 9.62 Å². The molecule has 0 saturated heterocycles. The molecular formula is C18H22N2O5S. The molecule has 0 bridgehead atoms. The second-order valence-corrected chi connectivity index (χ2v) is 8.49. The van der Waals surface area contributed by atoms with Crippen LogP contribution in [0, 0.1) is 0 Å². The summed E-state index contributed by atoms with van der Waals surface area (Å²) in [6, 6.07) is 5.92. The van der Waals surface area contributed by atoms with E-state index in [1.807, 2.05) is 0 Å². The summed E-state index contributed by atoms with van der Waals surface area (Å²) in [7, 11) is -4.11. The quantitative estimate of drug-likeness (QED) is 0.833. The molecule has 1 aromatic rings. The lowest BCUT2D eigenvalue weighted by Gasteiger charge is -2.31. The maximum Gasteiger partial charge on any atom is 0.265 e. The second-order valence-electron chi connectivity index (χ2n) is 6.66. The second kappa shape index (κ2) is 7.11. The minimum atomic E-state index is -4.11. The summed E-state index contributed by atoms with van der Waals surface area (Å²) < 4.78 is 26.6. The van der Waals surface area contributed by atoms with E-state index in [0.29, 0.717) is 4.31 Å². The number of carbonyl (C=O) groups excluding carboxylic acids is 2. The van der Waals surface area contributed by atoms with Crippen LogP contribution < -0.4 is 5.32 Å². The van der Waals surface area contributed by atoms with Crippen molar-refractivity contribution in [2.24, 2.45) is 0 Å². The van der Waals surface area contributed by atoms with E-state index in [1.54, 1.807) is 6.07 Å². The molecule has 1 amide bonds. The number of aliphatic hydroxyl groups excluding tert-OH is 1. The van der Waals surface area contributed by atoms with Gasteiger partial charge in [0.05, 0.1) is 4.90 Å². The molecule has 0 aromatic heterocycles. The number of fused-ring (bicyclic) bond motifs is 1. The minimum Gasteiger partial charge on any atom is -0.505 e. The van der Waals surface area contributed by atoms with Crippen LogP contribution in [0.15, 0.2) is 34.9 Å². The number of nitrogens with one attached hydrogen (secondary N) is 1. The van der Waals surface area contributed by atoms with Crippen LogP contribution in [0.4, 0.5) is 0 Å². The number of carbonyl (C=O) groups is 2. The average molecular weight is 378 g/mol. The molecule has 0 spiro atoms. The molecule has 1 saturated carbocycles. The number of allylic oxidation sites excluding steroid dienone is 1. The smallest absolute Gasteiger partial charge is 0.265 e. The van der Waals surface area contributed by atoms with Crippen LogP contribution in [-0.4, -0.2) is 42.1 Å². The monoisotopic (exact) mass is 378 g/mol.